The molecule has 144 valence electrons. The first-order chi connectivity index (χ1) is 13.1. The molecule has 4 heteroatoms. The van der Waals surface area contributed by atoms with E-state index in [4.69, 9.17) is 0 Å². The van der Waals surface area contributed by atoms with E-state index in [1.807, 2.05) is 0 Å². The molecule has 1 heterocycles. The lowest BCUT2D eigenvalue weighted by Gasteiger charge is -2.42. The number of carbonyl (C=O) groups excluding carboxylic acids is 2. The van der Waals surface area contributed by atoms with E-state index < -0.39 is 0 Å². The lowest BCUT2D eigenvalue weighted by atomic mass is 9.72. The Kier molecular flexibility index (Phi) is 4.25. The van der Waals surface area contributed by atoms with Crippen LogP contribution in [0.3, 0.4) is 0 Å². The second-order valence-corrected chi connectivity index (χ2v) is 9.27. The molecule has 2 amide bonds. The molecule has 3 fully saturated rings. The normalized spacial score (nSPS) is 26.5. The first-order valence-corrected chi connectivity index (χ1v) is 10.8. The smallest absolute Gasteiger partial charge is 0.225 e. The van der Waals surface area contributed by atoms with Crippen molar-refractivity contribution in [1.82, 2.24) is 10.2 Å². The molecule has 1 aromatic rings. The molecule has 1 saturated heterocycles. The number of hydrogen-bond donors (Lipinski definition) is 1. The molecule has 1 N–H and O–H groups in total. The monoisotopic (exact) mass is 366 g/mol. The Morgan fingerprint density at radius 1 is 1.07 bits per heavy atom. The summed E-state index contributed by atoms with van der Waals surface area (Å²) in [6, 6.07) is 9.18. The minimum atomic E-state index is 0.164. The maximum absolute atomic E-state index is 12.6. The van der Waals surface area contributed by atoms with E-state index in [0.29, 0.717) is 30.2 Å². The van der Waals surface area contributed by atoms with Gasteiger partial charge in [0, 0.05) is 31.5 Å². The number of nitrogens with zero attached hydrogens (tertiary/aromatic N) is 1. The van der Waals surface area contributed by atoms with Gasteiger partial charge in [0.25, 0.3) is 0 Å². The number of nitrogens with one attached hydrogen (secondary N) is 1. The fourth-order valence-electron chi connectivity index (χ4n) is 5.49. The van der Waals surface area contributed by atoms with Gasteiger partial charge in [0.1, 0.15) is 0 Å². The van der Waals surface area contributed by atoms with Gasteiger partial charge in [-0.05, 0) is 67.4 Å². The molecule has 1 atom stereocenters. The van der Waals surface area contributed by atoms with E-state index in [2.05, 4.69) is 34.5 Å². The third-order valence-corrected chi connectivity index (χ3v) is 7.47. The van der Waals surface area contributed by atoms with E-state index in [-0.39, 0.29) is 11.3 Å². The zero-order valence-electron chi connectivity index (χ0n) is 16.1. The van der Waals surface area contributed by atoms with Gasteiger partial charge < -0.3 is 10.2 Å². The van der Waals surface area contributed by atoms with Crippen LogP contribution in [-0.4, -0.2) is 35.8 Å². The van der Waals surface area contributed by atoms with Crippen LogP contribution in [0, 0.1) is 5.92 Å². The average Bonchev–Trinajstić information content (AvgIpc) is 3.39. The summed E-state index contributed by atoms with van der Waals surface area (Å²) < 4.78 is 0. The summed E-state index contributed by atoms with van der Waals surface area (Å²) in [5, 5.41) is 3.16. The standard InChI is InChI=1S/C23H30N2O2/c26-21(24-18-8-9-18)14-17-15-23(20-7-2-1-6-19(17)20)10-12-25(13-11-23)22(27)16-4-3-5-16/h1-2,6-7,16-18H,3-5,8-15H2,(H,24,26)/t17-/m0/s1. The van der Waals surface area contributed by atoms with Crippen LogP contribution >= 0.6 is 0 Å². The summed E-state index contributed by atoms with van der Waals surface area (Å²) in [5.74, 6) is 1.23. The first-order valence-electron chi connectivity index (χ1n) is 10.8. The van der Waals surface area contributed by atoms with Crippen LogP contribution in [0.1, 0.15) is 74.8 Å². The van der Waals surface area contributed by atoms with Gasteiger partial charge in [0.15, 0.2) is 0 Å². The number of amides is 2. The first kappa shape index (κ1) is 17.3. The van der Waals surface area contributed by atoms with Crippen LogP contribution in [0.5, 0.6) is 0 Å². The average molecular weight is 367 g/mol. The maximum Gasteiger partial charge on any atom is 0.225 e. The Bertz CT molecular complexity index is 743. The molecule has 0 aromatic heterocycles. The van der Waals surface area contributed by atoms with E-state index in [9.17, 15) is 9.59 Å². The Morgan fingerprint density at radius 2 is 1.81 bits per heavy atom. The fraction of sp³-hybridized carbons (Fsp3) is 0.652. The highest BCUT2D eigenvalue weighted by molar-refractivity contribution is 5.80. The van der Waals surface area contributed by atoms with Gasteiger partial charge in [-0.2, -0.15) is 0 Å². The Labute approximate surface area is 161 Å². The highest BCUT2D eigenvalue weighted by atomic mass is 16.2. The lowest BCUT2D eigenvalue weighted by molar-refractivity contribution is -0.139. The Hall–Kier alpha value is -1.84. The fourth-order valence-corrected chi connectivity index (χ4v) is 5.49. The second-order valence-electron chi connectivity index (χ2n) is 9.27. The number of piperidine rings is 1. The molecule has 2 saturated carbocycles. The van der Waals surface area contributed by atoms with Crippen LogP contribution in [0.2, 0.25) is 0 Å². The molecule has 0 bridgehead atoms. The summed E-state index contributed by atoms with van der Waals surface area (Å²) in [5.41, 5.74) is 2.99. The van der Waals surface area contributed by atoms with Crippen molar-refractivity contribution in [2.24, 2.45) is 5.92 Å². The molecule has 0 unspecified atom stereocenters. The largest absolute Gasteiger partial charge is 0.353 e. The third kappa shape index (κ3) is 3.17. The SMILES string of the molecule is O=C(C[C@H]1CC2(CCN(C(=O)C3CCC3)CC2)c2ccccc21)NC1CC1. The number of hydrogen-bond acceptors (Lipinski definition) is 2. The van der Waals surface area contributed by atoms with Crippen LogP contribution in [0.25, 0.3) is 0 Å². The van der Waals surface area contributed by atoms with E-state index >= 15 is 0 Å². The molecule has 1 aromatic carbocycles. The highest BCUT2D eigenvalue weighted by Crippen LogP contribution is 2.52. The van der Waals surface area contributed by atoms with Crippen LogP contribution < -0.4 is 5.32 Å². The molecule has 0 radical (unpaired) electrons. The van der Waals surface area contributed by atoms with Gasteiger partial charge in [-0.15, -0.1) is 0 Å². The Balaban J connectivity index is 1.29. The summed E-state index contributed by atoms with van der Waals surface area (Å²) >= 11 is 0. The number of carbonyl (C=O) groups is 2. The van der Waals surface area contributed by atoms with E-state index in [1.54, 1.807) is 0 Å². The van der Waals surface area contributed by atoms with Gasteiger partial charge in [-0.1, -0.05) is 30.7 Å². The maximum atomic E-state index is 12.6. The zero-order chi connectivity index (χ0) is 18.4. The molecule has 3 aliphatic carbocycles. The number of fused-ring (bicyclic) bond motifs is 2. The van der Waals surface area contributed by atoms with Crippen molar-refractivity contribution < 1.29 is 9.59 Å². The van der Waals surface area contributed by atoms with Crippen molar-refractivity contribution in [2.75, 3.05) is 13.1 Å². The van der Waals surface area contributed by atoms with Gasteiger partial charge in [0.05, 0.1) is 0 Å². The molecule has 5 rings (SSSR count). The van der Waals surface area contributed by atoms with Crippen molar-refractivity contribution in [3.8, 4) is 0 Å². The molecule has 4 aliphatic rings. The highest BCUT2D eigenvalue weighted by Gasteiger charge is 2.46. The number of likely N-dealkylation sites (tertiary alicyclic amines) is 1. The molecule has 4 nitrogen and oxygen atoms in total. The zero-order valence-corrected chi connectivity index (χ0v) is 16.1. The van der Waals surface area contributed by atoms with E-state index in [1.165, 1.54) is 17.5 Å². The van der Waals surface area contributed by atoms with Crippen LogP contribution in [-0.2, 0) is 15.0 Å². The molecular formula is C23H30N2O2. The van der Waals surface area contributed by atoms with Crippen molar-refractivity contribution in [3.05, 3.63) is 35.4 Å². The molecule has 27 heavy (non-hydrogen) atoms. The lowest BCUT2D eigenvalue weighted by Crippen LogP contribution is -2.47. The van der Waals surface area contributed by atoms with Gasteiger partial charge in [-0.3, -0.25) is 9.59 Å². The van der Waals surface area contributed by atoms with Gasteiger partial charge >= 0.3 is 0 Å². The summed E-state index contributed by atoms with van der Waals surface area (Å²) in [6.45, 7) is 1.76. The van der Waals surface area contributed by atoms with Crippen molar-refractivity contribution in [3.63, 3.8) is 0 Å². The summed E-state index contributed by atoms with van der Waals surface area (Å²) in [6.07, 6.45) is 9.43. The van der Waals surface area contributed by atoms with Gasteiger partial charge in [0.2, 0.25) is 11.8 Å². The van der Waals surface area contributed by atoms with Crippen LogP contribution in [0.15, 0.2) is 24.3 Å². The van der Waals surface area contributed by atoms with E-state index in [0.717, 1.165) is 58.0 Å². The predicted octanol–water partition coefficient (Wildman–Crippen LogP) is 3.50. The Morgan fingerprint density at radius 3 is 2.48 bits per heavy atom. The predicted molar refractivity (Wildman–Crippen MR) is 104 cm³/mol. The minimum Gasteiger partial charge on any atom is -0.353 e. The molecule has 1 aliphatic heterocycles. The third-order valence-electron chi connectivity index (χ3n) is 7.47. The van der Waals surface area contributed by atoms with Gasteiger partial charge in [-0.25, -0.2) is 0 Å². The molecular weight excluding hydrogens is 336 g/mol. The minimum absolute atomic E-state index is 0.164. The van der Waals surface area contributed by atoms with Crippen molar-refractivity contribution in [2.45, 2.75) is 75.2 Å². The second kappa shape index (κ2) is 6.65. The quantitative estimate of drug-likeness (QED) is 0.887. The van der Waals surface area contributed by atoms with Crippen molar-refractivity contribution >= 4 is 11.8 Å². The summed E-state index contributed by atoms with van der Waals surface area (Å²) in [4.78, 5) is 27.2. The molecule has 1 spiro atoms. The van der Waals surface area contributed by atoms with Crippen LogP contribution in [0.4, 0.5) is 0 Å². The van der Waals surface area contributed by atoms with Crippen molar-refractivity contribution in [1.29, 1.82) is 0 Å². The topological polar surface area (TPSA) is 49.4 Å². The number of benzene rings is 1. The number of rotatable bonds is 4. The summed E-state index contributed by atoms with van der Waals surface area (Å²) in [7, 11) is 0.